The van der Waals surface area contributed by atoms with Gasteiger partial charge in [0.15, 0.2) is 5.82 Å². The van der Waals surface area contributed by atoms with Gasteiger partial charge in [-0.15, -0.1) is 0 Å². The predicted octanol–water partition coefficient (Wildman–Crippen LogP) is 2.58. The van der Waals surface area contributed by atoms with E-state index >= 15 is 0 Å². The molecule has 0 amide bonds. The Balaban J connectivity index is 2.31. The lowest BCUT2D eigenvalue weighted by atomic mass is 9.99. The Morgan fingerprint density at radius 3 is 2.63 bits per heavy atom. The second-order valence-electron chi connectivity index (χ2n) is 5.73. The number of anilines is 1. The summed E-state index contributed by atoms with van der Waals surface area (Å²) in [5.74, 6) is -0.205. The summed E-state index contributed by atoms with van der Waals surface area (Å²) in [6.45, 7) is 7.29. The van der Waals surface area contributed by atoms with E-state index in [2.05, 4.69) is 46.6 Å². The molecule has 1 saturated heterocycles. The van der Waals surface area contributed by atoms with Crippen LogP contribution in [0.1, 0.15) is 19.4 Å². The number of benzene rings is 1. The van der Waals surface area contributed by atoms with Crippen LogP contribution in [0, 0.1) is 5.82 Å². The van der Waals surface area contributed by atoms with Gasteiger partial charge in [-0.25, -0.2) is 4.39 Å². The van der Waals surface area contributed by atoms with Gasteiger partial charge in [-0.05, 0) is 48.5 Å². The minimum absolute atomic E-state index is 0.0453. The zero-order chi connectivity index (χ0) is 14.2. The van der Waals surface area contributed by atoms with Crippen LogP contribution >= 0.6 is 15.9 Å². The van der Waals surface area contributed by atoms with Gasteiger partial charge in [0.05, 0.1) is 10.2 Å². The minimum atomic E-state index is -0.205. The second kappa shape index (κ2) is 5.38. The van der Waals surface area contributed by atoms with Crippen molar-refractivity contribution in [1.29, 1.82) is 0 Å². The first-order valence-corrected chi connectivity index (χ1v) is 7.29. The van der Waals surface area contributed by atoms with Crippen LogP contribution in [-0.4, -0.2) is 37.1 Å². The first-order valence-electron chi connectivity index (χ1n) is 6.50. The zero-order valence-electron chi connectivity index (χ0n) is 11.7. The highest BCUT2D eigenvalue weighted by atomic mass is 79.9. The Morgan fingerprint density at radius 2 is 2.05 bits per heavy atom. The third kappa shape index (κ3) is 2.78. The molecule has 1 fully saturated rings. The molecule has 1 aromatic rings. The summed E-state index contributed by atoms with van der Waals surface area (Å²) in [5, 5.41) is 0. The molecule has 0 saturated carbocycles. The van der Waals surface area contributed by atoms with Crippen molar-refractivity contribution >= 4 is 21.6 Å². The molecule has 2 rings (SSSR count). The molecule has 0 bridgehead atoms. The van der Waals surface area contributed by atoms with Gasteiger partial charge in [0.25, 0.3) is 0 Å². The van der Waals surface area contributed by atoms with Gasteiger partial charge in [0, 0.05) is 31.7 Å². The van der Waals surface area contributed by atoms with Crippen LogP contribution in [0.5, 0.6) is 0 Å². The first kappa shape index (κ1) is 14.8. The van der Waals surface area contributed by atoms with E-state index in [1.54, 1.807) is 0 Å². The molecule has 1 heterocycles. The molecule has 0 aliphatic carbocycles. The van der Waals surface area contributed by atoms with E-state index in [0.717, 1.165) is 25.2 Å². The fraction of sp³-hybridized carbons (Fsp3) is 0.571. The van der Waals surface area contributed by atoms with E-state index in [1.807, 2.05) is 12.1 Å². The largest absolute Gasteiger partial charge is 0.366 e. The molecule has 1 aliphatic heterocycles. The summed E-state index contributed by atoms with van der Waals surface area (Å²) in [6, 6.07) is 3.73. The Kier molecular flexibility index (Phi) is 4.18. The van der Waals surface area contributed by atoms with Crippen molar-refractivity contribution in [2.24, 2.45) is 5.73 Å². The lowest BCUT2D eigenvalue weighted by Crippen LogP contribution is -2.57. The molecule has 5 heteroatoms. The van der Waals surface area contributed by atoms with Crippen molar-refractivity contribution in [3.05, 3.63) is 28.0 Å². The van der Waals surface area contributed by atoms with Crippen LogP contribution in [0.2, 0.25) is 0 Å². The zero-order valence-corrected chi connectivity index (χ0v) is 13.3. The van der Waals surface area contributed by atoms with E-state index in [9.17, 15) is 4.39 Å². The van der Waals surface area contributed by atoms with Crippen LogP contribution < -0.4 is 10.6 Å². The van der Waals surface area contributed by atoms with Gasteiger partial charge < -0.3 is 10.6 Å². The van der Waals surface area contributed by atoms with Crippen LogP contribution in [0.4, 0.5) is 10.1 Å². The Hall–Kier alpha value is -0.650. The Morgan fingerprint density at radius 1 is 1.37 bits per heavy atom. The number of hydrogen-bond donors (Lipinski definition) is 1. The summed E-state index contributed by atoms with van der Waals surface area (Å²) >= 11 is 3.31. The summed E-state index contributed by atoms with van der Waals surface area (Å²) in [6.07, 6.45) is 0. The number of halogens is 2. The van der Waals surface area contributed by atoms with Crippen LogP contribution in [-0.2, 0) is 6.54 Å². The number of nitrogens with two attached hydrogens (primary N) is 1. The molecule has 0 atom stereocenters. The average Bonchev–Trinajstić information content (AvgIpc) is 2.36. The highest BCUT2D eigenvalue weighted by molar-refractivity contribution is 9.10. The van der Waals surface area contributed by atoms with Gasteiger partial charge in [0.2, 0.25) is 0 Å². The van der Waals surface area contributed by atoms with E-state index in [0.29, 0.717) is 16.7 Å². The lowest BCUT2D eigenvalue weighted by molar-refractivity contribution is 0.138. The van der Waals surface area contributed by atoms with Gasteiger partial charge in [0.1, 0.15) is 0 Å². The maximum absolute atomic E-state index is 14.4. The monoisotopic (exact) mass is 329 g/mol. The molecule has 0 aromatic heterocycles. The van der Waals surface area contributed by atoms with Crippen LogP contribution in [0.25, 0.3) is 0 Å². The van der Waals surface area contributed by atoms with Gasteiger partial charge in [-0.1, -0.05) is 6.07 Å². The molecule has 0 unspecified atom stereocenters. The first-order chi connectivity index (χ1) is 8.86. The summed E-state index contributed by atoms with van der Waals surface area (Å²) in [4.78, 5) is 4.42. The number of rotatable bonds is 2. The van der Waals surface area contributed by atoms with E-state index in [1.165, 1.54) is 0 Å². The van der Waals surface area contributed by atoms with Gasteiger partial charge in [-0.3, -0.25) is 4.90 Å². The van der Waals surface area contributed by atoms with Crippen LogP contribution in [0.3, 0.4) is 0 Å². The van der Waals surface area contributed by atoms with Crippen molar-refractivity contribution in [3.63, 3.8) is 0 Å². The maximum atomic E-state index is 14.4. The fourth-order valence-corrected chi connectivity index (χ4v) is 2.92. The van der Waals surface area contributed by atoms with E-state index in [-0.39, 0.29) is 11.4 Å². The molecule has 3 nitrogen and oxygen atoms in total. The molecule has 19 heavy (non-hydrogen) atoms. The quantitative estimate of drug-likeness (QED) is 0.905. The van der Waals surface area contributed by atoms with E-state index < -0.39 is 0 Å². The lowest BCUT2D eigenvalue weighted by Gasteiger charge is -2.46. The summed E-state index contributed by atoms with van der Waals surface area (Å²) in [7, 11) is 2.11. The maximum Gasteiger partial charge on any atom is 0.160 e. The molecular formula is C14H21BrFN3. The van der Waals surface area contributed by atoms with Crippen molar-refractivity contribution in [2.75, 3.05) is 31.6 Å². The summed E-state index contributed by atoms with van der Waals surface area (Å²) < 4.78 is 14.9. The SMILES string of the molecule is CN1CCN(c2ccc(CN)c(Br)c2F)CC1(C)C. The molecule has 2 N–H and O–H groups in total. The number of likely N-dealkylation sites (N-methyl/N-ethyl adjacent to an activating group) is 1. The third-order valence-corrected chi connectivity index (χ3v) is 4.88. The topological polar surface area (TPSA) is 32.5 Å². The number of hydrogen-bond acceptors (Lipinski definition) is 3. The van der Waals surface area contributed by atoms with Crippen molar-refractivity contribution in [2.45, 2.75) is 25.9 Å². The third-order valence-electron chi connectivity index (χ3n) is 4.02. The molecule has 0 radical (unpaired) electrons. The predicted molar refractivity (Wildman–Crippen MR) is 80.9 cm³/mol. The second-order valence-corrected chi connectivity index (χ2v) is 6.52. The molecule has 0 spiro atoms. The summed E-state index contributed by atoms with van der Waals surface area (Å²) in [5.41, 5.74) is 7.10. The fourth-order valence-electron chi connectivity index (χ4n) is 2.43. The smallest absolute Gasteiger partial charge is 0.160 e. The average molecular weight is 330 g/mol. The molecular weight excluding hydrogens is 309 g/mol. The highest BCUT2D eigenvalue weighted by Crippen LogP contribution is 2.32. The van der Waals surface area contributed by atoms with Crippen LogP contribution in [0.15, 0.2) is 16.6 Å². The normalized spacial score (nSPS) is 19.8. The standard InChI is InChI=1S/C14H21BrFN3/c1-14(2)9-19(7-6-18(14)3)11-5-4-10(8-17)12(15)13(11)16/h4-5H,6-9,17H2,1-3H3. The Labute approximate surface area is 122 Å². The molecule has 106 valence electrons. The minimum Gasteiger partial charge on any atom is -0.366 e. The van der Waals surface area contributed by atoms with Crippen molar-refractivity contribution in [3.8, 4) is 0 Å². The van der Waals surface area contributed by atoms with Crippen molar-refractivity contribution < 1.29 is 4.39 Å². The van der Waals surface area contributed by atoms with Gasteiger partial charge >= 0.3 is 0 Å². The van der Waals surface area contributed by atoms with Crippen molar-refractivity contribution in [1.82, 2.24) is 4.90 Å². The number of piperazine rings is 1. The highest BCUT2D eigenvalue weighted by Gasteiger charge is 2.32. The molecule has 1 aliphatic rings. The van der Waals surface area contributed by atoms with Gasteiger partial charge in [-0.2, -0.15) is 0 Å². The number of nitrogens with zero attached hydrogens (tertiary/aromatic N) is 2. The molecule has 1 aromatic carbocycles. The Bertz CT molecular complexity index is 476. The van der Waals surface area contributed by atoms with E-state index in [4.69, 9.17) is 5.73 Å².